The summed E-state index contributed by atoms with van der Waals surface area (Å²) in [5.74, 6) is 1.69. The van der Waals surface area contributed by atoms with E-state index in [4.69, 9.17) is 4.74 Å². The zero-order chi connectivity index (χ0) is 26.5. The number of unbranched alkanes of at least 4 members (excludes halogenated alkanes) is 3. The Balaban J connectivity index is 2.45. The van der Waals surface area contributed by atoms with Gasteiger partial charge in [-0.05, 0) is 100 Å². The van der Waals surface area contributed by atoms with E-state index in [1.807, 2.05) is 0 Å². The van der Waals surface area contributed by atoms with Gasteiger partial charge in [0, 0.05) is 16.9 Å². The van der Waals surface area contributed by atoms with Crippen molar-refractivity contribution < 1.29 is 4.74 Å². The van der Waals surface area contributed by atoms with Gasteiger partial charge in [-0.2, -0.15) is 0 Å². The molecule has 3 rings (SSSR count). The molecule has 0 aromatic heterocycles. The van der Waals surface area contributed by atoms with Crippen molar-refractivity contribution in [1.29, 1.82) is 0 Å². The Hall–Kier alpha value is -1.76. The molecule has 0 N–H and O–H groups in total. The monoisotopic (exact) mass is 490 g/mol. The molecule has 0 fully saturated rings. The molecule has 200 valence electrons. The van der Waals surface area contributed by atoms with Gasteiger partial charge in [0.25, 0.3) is 0 Å². The second-order valence-electron chi connectivity index (χ2n) is 11.9. The minimum atomic E-state index is -0.276. The average Bonchev–Trinajstić information content (AvgIpc) is 2.87. The first-order valence-corrected chi connectivity index (χ1v) is 15.1. The fourth-order valence-electron chi connectivity index (χ4n) is 7.18. The highest BCUT2D eigenvalue weighted by atomic mass is 16.5. The third-order valence-electron chi connectivity index (χ3n) is 9.67. The van der Waals surface area contributed by atoms with Gasteiger partial charge in [0.05, 0.1) is 0 Å². The molecule has 2 aromatic rings. The third-order valence-corrected chi connectivity index (χ3v) is 9.67. The van der Waals surface area contributed by atoms with E-state index in [0.29, 0.717) is 5.92 Å². The molecule has 2 atom stereocenters. The van der Waals surface area contributed by atoms with Gasteiger partial charge in [0.15, 0.2) is 0 Å². The van der Waals surface area contributed by atoms with Crippen molar-refractivity contribution in [3.05, 3.63) is 63.2 Å². The highest BCUT2D eigenvalue weighted by Gasteiger charge is 2.57. The van der Waals surface area contributed by atoms with Crippen LogP contribution in [0.5, 0.6) is 5.75 Å². The molecule has 1 heterocycles. The van der Waals surface area contributed by atoms with Gasteiger partial charge in [-0.1, -0.05) is 90.5 Å². The first kappa shape index (κ1) is 28.8. The lowest BCUT2D eigenvalue weighted by molar-refractivity contribution is -0.0772. The van der Waals surface area contributed by atoms with E-state index in [1.54, 1.807) is 0 Å². The smallest absolute Gasteiger partial charge is 0.138 e. The number of aryl methyl sites for hydroxylation is 2. The van der Waals surface area contributed by atoms with Crippen LogP contribution < -0.4 is 4.74 Å². The Kier molecular flexibility index (Phi) is 9.75. The zero-order valence-corrected chi connectivity index (χ0v) is 25.1. The molecule has 1 heteroatoms. The van der Waals surface area contributed by atoms with Gasteiger partial charge in [-0.3, -0.25) is 0 Å². The van der Waals surface area contributed by atoms with E-state index >= 15 is 0 Å². The van der Waals surface area contributed by atoms with Crippen molar-refractivity contribution >= 4 is 0 Å². The predicted octanol–water partition coefficient (Wildman–Crippen LogP) is 10.7. The molecule has 1 aliphatic heterocycles. The van der Waals surface area contributed by atoms with Crippen LogP contribution in [0.25, 0.3) is 0 Å². The molecule has 0 bridgehead atoms. The number of ether oxygens (including phenoxy) is 1. The summed E-state index contributed by atoms with van der Waals surface area (Å²) in [4.78, 5) is 0. The number of rotatable bonds is 12. The summed E-state index contributed by atoms with van der Waals surface area (Å²) in [6.07, 6.45) is 13.5. The average molecular weight is 491 g/mol. The van der Waals surface area contributed by atoms with E-state index in [0.717, 1.165) is 6.42 Å². The van der Waals surface area contributed by atoms with Gasteiger partial charge >= 0.3 is 0 Å². The molecule has 1 aliphatic rings. The Morgan fingerprint density at radius 1 is 0.611 bits per heavy atom. The fourth-order valence-corrected chi connectivity index (χ4v) is 7.18. The van der Waals surface area contributed by atoms with Crippen LogP contribution in [-0.2, 0) is 11.0 Å². The SMILES string of the molecule is CCCCC1(CCCC)c2ccc(C)c(C)c2OC(CCCC)(c2ccc(C)c(C)c2C)C1CCC. The van der Waals surface area contributed by atoms with Crippen molar-refractivity contribution in [2.75, 3.05) is 0 Å². The van der Waals surface area contributed by atoms with Gasteiger partial charge in [-0.15, -0.1) is 0 Å². The van der Waals surface area contributed by atoms with Crippen LogP contribution in [0.4, 0.5) is 0 Å². The van der Waals surface area contributed by atoms with Gasteiger partial charge in [0.1, 0.15) is 11.4 Å². The van der Waals surface area contributed by atoms with Crippen LogP contribution in [0.1, 0.15) is 137 Å². The summed E-state index contributed by atoms with van der Waals surface area (Å²) in [6.45, 7) is 20.9. The zero-order valence-electron chi connectivity index (χ0n) is 25.1. The first-order chi connectivity index (χ1) is 17.2. The molecule has 1 nitrogen and oxygen atoms in total. The maximum absolute atomic E-state index is 7.58. The molecule has 2 unspecified atom stereocenters. The maximum atomic E-state index is 7.58. The highest BCUT2D eigenvalue weighted by Crippen LogP contribution is 2.61. The minimum absolute atomic E-state index is 0.160. The van der Waals surface area contributed by atoms with Crippen molar-refractivity contribution in [2.45, 2.75) is 144 Å². The summed E-state index contributed by atoms with van der Waals surface area (Å²) in [6, 6.07) is 9.63. The Labute approximate surface area is 223 Å². The Morgan fingerprint density at radius 2 is 1.14 bits per heavy atom. The lowest BCUT2D eigenvalue weighted by Gasteiger charge is -2.57. The lowest BCUT2D eigenvalue weighted by atomic mass is 9.53. The van der Waals surface area contributed by atoms with Gasteiger partial charge < -0.3 is 4.74 Å². The standard InChI is InChI=1S/C35H54O/c1-10-14-22-34(23-15-11-2)31-21-19-26(6)28(8)33(31)36-35(24-16-12-3,32(34)17-13-4)30-20-18-25(5)27(7)29(30)9/h18-21,32H,10-17,22-24H2,1-9H3. The Morgan fingerprint density at radius 3 is 1.69 bits per heavy atom. The van der Waals surface area contributed by atoms with Crippen LogP contribution in [0.3, 0.4) is 0 Å². The molecule has 0 radical (unpaired) electrons. The van der Waals surface area contributed by atoms with Crippen LogP contribution in [0.2, 0.25) is 0 Å². The van der Waals surface area contributed by atoms with E-state index in [2.05, 4.69) is 86.6 Å². The quantitative estimate of drug-likeness (QED) is 0.287. The fraction of sp³-hybridized carbons (Fsp3) is 0.657. The van der Waals surface area contributed by atoms with Crippen LogP contribution in [-0.4, -0.2) is 0 Å². The number of fused-ring (bicyclic) bond motifs is 1. The maximum Gasteiger partial charge on any atom is 0.138 e. The summed E-state index contributed by atoms with van der Waals surface area (Å²) >= 11 is 0. The molecular weight excluding hydrogens is 436 g/mol. The van der Waals surface area contributed by atoms with Crippen LogP contribution in [0.15, 0.2) is 24.3 Å². The van der Waals surface area contributed by atoms with Gasteiger partial charge in [-0.25, -0.2) is 0 Å². The topological polar surface area (TPSA) is 9.23 Å². The second-order valence-corrected chi connectivity index (χ2v) is 11.9. The van der Waals surface area contributed by atoms with Crippen molar-refractivity contribution in [3.8, 4) is 5.75 Å². The molecule has 0 spiro atoms. The summed E-state index contributed by atoms with van der Waals surface area (Å²) in [7, 11) is 0. The molecule has 0 saturated heterocycles. The third kappa shape index (κ3) is 5.01. The van der Waals surface area contributed by atoms with Crippen molar-refractivity contribution in [3.63, 3.8) is 0 Å². The summed E-state index contributed by atoms with van der Waals surface area (Å²) in [5.41, 5.74) is 9.82. The molecule has 0 aliphatic carbocycles. The number of hydrogen-bond acceptors (Lipinski definition) is 1. The van der Waals surface area contributed by atoms with E-state index in [1.165, 1.54) is 109 Å². The molecular formula is C35H54O. The number of hydrogen-bond donors (Lipinski definition) is 0. The number of benzene rings is 2. The Bertz CT molecular complexity index is 1010. The van der Waals surface area contributed by atoms with E-state index < -0.39 is 0 Å². The predicted molar refractivity (Wildman–Crippen MR) is 158 cm³/mol. The normalized spacial score (nSPS) is 20.8. The highest BCUT2D eigenvalue weighted by molar-refractivity contribution is 5.54. The molecule has 0 saturated carbocycles. The van der Waals surface area contributed by atoms with Crippen LogP contribution >= 0.6 is 0 Å². The minimum Gasteiger partial charge on any atom is -0.482 e. The lowest BCUT2D eigenvalue weighted by Crippen LogP contribution is -2.55. The first-order valence-electron chi connectivity index (χ1n) is 15.1. The van der Waals surface area contributed by atoms with E-state index in [-0.39, 0.29) is 11.0 Å². The van der Waals surface area contributed by atoms with E-state index in [9.17, 15) is 0 Å². The van der Waals surface area contributed by atoms with Crippen LogP contribution in [0, 0.1) is 40.5 Å². The van der Waals surface area contributed by atoms with Crippen molar-refractivity contribution in [1.82, 2.24) is 0 Å². The summed E-state index contributed by atoms with van der Waals surface area (Å²) < 4.78 is 7.58. The summed E-state index contributed by atoms with van der Waals surface area (Å²) in [5, 5.41) is 0. The second kappa shape index (κ2) is 12.2. The largest absolute Gasteiger partial charge is 0.482 e. The molecule has 0 amide bonds. The van der Waals surface area contributed by atoms with Crippen molar-refractivity contribution in [2.24, 2.45) is 5.92 Å². The molecule has 36 heavy (non-hydrogen) atoms. The van der Waals surface area contributed by atoms with Gasteiger partial charge in [0.2, 0.25) is 0 Å². The molecule has 2 aromatic carbocycles.